The number of nitrogens with one attached hydrogen (secondary N) is 1. The van der Waals surface area contributed by atoms with E-state index in [1.54, 1.807) is 24.3 Å². The van der Waals surface area contributed by atoms with Crippen LogP contribution in [0.4, 0.5) is 5.69 Å². The number of rotatable bonds is 6. The second kappa shape index (κ2) is 8.51. The number of sulfone groups is 1. The molecular formula is C18H24N2O6S. The lowest BCUT2D eigenvalue weighted by Gasteiger charge is -2.26. The third kappa shape index (κ3) is 6.06. The van der Waals surface area contributed by atoms with Crippen LogP contribution < -0.4 is 5.32 Å². The van der Waals surface area contributed by atoms with E-state index < -0.39 is 27.8 Å². The molecule has 1 aromatic rings. The molecule has 148 valence electrons. The summed E-state index contributed by atoms with van der Waals surface area (Å²) in [6, 6.07) is 6.34. The van der Waals surface area contributed by atoms with Gasteiger partial charge in [0.15, 0.2) is 15.9 Å². The number of ether oxygens (including phenoxy) is 1. The summed E-state index contributed by atoms with van der Waals surface area (Å²) in [5.41, 5.74) is 1.31. The van der Waals surface area contributed by atoms with Crippen LogP contribution in [0.25, 0.3) is 0 Å². The quantitative estimate of drug-likeness (QED) is 0.711. The van der Waals surface area contributed by atoms with E-state index in [0.717, 1.165) is 0 Å². The van der Waals surface area contributed by atoms with Gasteiger partial charge in [0.25, 0.3) is 5.91 Å². The average molecular weight is 396 g/mol. The molecule has 9 heteroatoms. The summed E-state index contributed by atoms with van der Waals surface area (Å²) in [5.74, 6) is -1.16. The molecule has 1 heterocycles. The number of hydrogen-bond donors (Lipinski definition) is 1. The highest BCUT2D eigenvalue weighted by Crippen LogP contribution is 2.18. The number of anilines is 1. The van der Waals surface area contributed by atoms with Crippen LogP contribution in [0.5, 0.6) is 0 Å². The van der Waals surface area contributed by atoms with E-state index >= 15 is 0 Å². The molecule has 0 aliphatic carbocycles. The molecule has 27 heavy (non-hydrogen) atoms. The van der Waals surface area contributed by atoms with Crippen LogP contribution in [0.1, 0.15) is 25.8 Å². The fourth-order valence-corrected chi connectivity index (χ4v) is 4.69. The highest BCUT2D eigenvalue weighted by Gasteiger charge is 2.34. The standard InChI is InChI=1S/C18H24N2O6S/c1-12(18(23)20(3)16-8-9-27(24,25)11-16)26-17(22)10-14-4-6-15(7-5-14)19-13(2)21/h4-7,12,16H,8-11H2,1-3H3,(H,19,21)/t12-,16-/m1/s1. The third-order valence-corrected chi connectivity index (χ3v) is 6.13. The zero-order valence-corrected chi connectivity index (χ0v) is 16.4. The van der Waals surface area contributed by atoms with Gasteiger partial charge in [0.05, 0.1) is 17.9 Å². The number of amides is 2. The molecule has 1 aliphatic rings. The minimum Gasteiger partial charge on any atom is -0.452 e. The van der Waals surface area contributed by atoms with Gasteiger partial charge in [-0.2, -0.15) is 0 Å². The molecule has 0 radical (unpaired) electrons. The van der Waals surface area contributed by atoms with Crippen LogP contribution in [0.3, 0.4) is 0 Å². The smallest absolute Gasteiger partial charge is 0.311 e. The molecule has 0 spiro atoms. The highest BCUT2D eigenvalue weighted by molar-refractivity contribution is 7.91. The first-order valence-electron chi connectivity index (χ1n) is 8.60. The molecule has 1 saturated heterocycles. The van der Waals surface area contributed by atoms with Crippen molar-refractivity contribution in [1.82, 2.24) is 4.90 Å². The average Bonchev–Trinajstić information content (AvgIpc) is 2.94. The summed E-state index contributed by atoms with van der Waals surface area (Å²) in [4.78, 5) is 36.8. The molecule has 0 saturated carbocycles. The van der Waals surface area contributed by atoms with Crippen molar-refractivity contribution >= 4 is 33.3 Å². The van der Waals surface area contributed by atoms with Crippen LogP contribution in [-0.4, -0.2) is 61.8 Å². The minimum absolute atomic E-state index is 0.0144. The largest absolute Gasteiger partial charge is 0.452 e. The Morgan fingerprint density at radius 3 is 2.41 bits per heavy atom. The van der Waals surface area contributed by atoms with Gasteiger partial charge in [0.2, 0.25) is 5.91 Å². The Labute approximate surface area is 158 Å². The number of benzene rings is 1. The topological polar surface area (TPSA) is 110 Å². The monoisotopic (exact) mass is 396 g/mol. The second-order valence-corrected chi connectivity index (χ2v) is 8.92. The summed E-state index contributed by atoms with van der Waals surface area (Å²) in [5, 5.41) is 2.63. The molecular weight excluding hydrogens is 372 g/mol. The van der Waals surface area contributed by atoms with Crippen LogP contribution >= 0.6 is 0 Å². The molecule has 1 aromatic carbocycles. The van der Waals surface area contributed by atoms with Crippen LogP contribution in [0.2, 0.25) is 0 Å². The van der Waals surface area contributed by atoms with Crippen molar-refractivity contribution in [2.75, 3.05) is 23.9 Å². The first-order valence-corrected chi connectivity index (χ1v) is 10.4. The summed E-state index contributed by atoms with van der Waals surface area (Å²) < 4.78 is 28.3. The Balaban J connectivity index is 1.87. The van der Waals surface area contributed by atoms with Crippen LogP contribution in [0, 0.1) is 0 Å². The van der Waals surface area contributed by atoms with Crippen molar-refractivity contribution < 1.29 is 27.5 Å². The Morgan fingerprint density at radius 1 is 1.26 bits per heavy atom. The number of hydrogen-bond acceptors (Lipinski definition) is 6. The Hall–Kier alpha value is -2.42. The zero-order valence-electron chi connectivity index (χ0n) is 15.6. The first kappa shape index (κ1) is 20.9. The Bertz CT molecular complexity index is 819. The van der Waals surface area contributed by atoms with Crippen molar-refractivity contribution in [3.05, 3.63) is 29.8 Å². The van der Waals surface area contributed by atoms with Crippen molar-refractivity contribution in [3.8, 4) is 0 Å². The van der Waals surface area contributed by atoms with Gasteiger partial charge in [-0.05, 0) is 31.0 Å². The summed E-state index contributed by atoms with van der Waals surface area (Å²) in [6.45, 7) is 2.88. The van der Waals surface area contributed by atoms with E-state index in [2.05, 4.69) is 5.32 Å². The maximum absolute atomic E-state index is 12.4. The third-order valence-electron chi connectivity index (χ3n) is 4.38. The maximum atomic E-state index is 12.4. The summed E-state index contributed by atoms with van der Waals surface area (Å²) in [7, 11) is -1.58. The maximum Gasteiger partial charge on any atom is 0.311 e. The van der Waals surface area contributed by atoms with Crippen molar-refractivity contribution in [2.24, 2.45) is 0 Å². The fourth-order valence-electron chi connectivity index (χ4n) is 2.91. The van der Waals surface area contributed by atoms with Gasteiger partial charge >= 0.3 is 5.97 Å². The lowest BCUT2D eigenvalue weighted by atomic mass is 10.1. The second-order valence-electron chi connectivity index (χ2n) is 6.69. The molecule has 1 aliphatic heterocycles. The molecule has 0 bridgehead atoms. The number of esters is 1. The van der Waals surface area contributed by atoms with E-state index in [4.69, 9.17) is 4.74 Å². The number of carbonyl (C=O) groups is 3. The Kier molecular flexibility index (Phi) is 6.59. The molecule has 0 aromatic heterocycles. The van der Waals surface area contributed by atoms with E-state index in [9.17, 15) is 22.8 Å². The van der Waals surface area contributed by atoms with Crippen molar-refractivity contribution in [3.63, 3.8) is 0 Å². The summed E-state index contributed by atoms with van der Waals surface area (Å²) >= 11 is 0. The Morgan fingerprint density at radius 2 is 1.89 bits per heavy atom. The minimum atomic E-state index is -3.10. The predicted octanol–water partition coefficient (Wildman–Crippen LogP) is 0.765. The predicted molar refractivity (Wildman–Crippen MR) is 99.8 cm³/mol. The van der Waals surface area contributed by atoms with Crippen molar-refractivity contribution in [1.29, 1.82) is 0 Å². The van der Waals surface area contributed by atoms with E-state index in [0.29, 0.717) is 17.7 Å². The summed E-state index contributed by atoms with van der Waals surface area (Å²) in [6.07, 6.45) is -0.616. The van der Waals surface area contributed by atoms with Crippen LogP contribution in [0.15, 0.2) is 24.3 Å². The zero-order chi connectivity index (χ0) is 20.2. The lowest BCUT2D eigenvalue weighted by Crippen LogP contribution is -2.44. The number of carbonyl (C=O) groups excluding carboxylic acids is 3. The van der Waals surface area contributed by atoms with Crippen LogP contribution in [-0.2, 0) is 35.4 Å². The van der Waals surface area contributed by atoms with Gasteiger partial charge in [-0.25, -0.2) is 8.42 Å². The van der Waals surface area contributed by atoms with Crippen molar-refractivity contribution in [2.45, 2.75) is 38.8 Å². The van der Waals surface area contributed by atoms with Gasteiger partial charge in [-0.3, -0.25) is 14.4 Å². The molecule has 1 N–H and O–H groups in total. The molecule has 8 nitrogen and oxygen atoms in total. The van der Waals surface area contributed by atoms with E-state index in [1.165, 1.54) is 25.8 Å². The highest BCUT2D eigenvalue weighted by atomic mass is 32.2. The van der Waals surface area contributed by atoms with Gasteiger partial charge < -0.3 is 15.0 Å². The van der Waals surface area contributed by atoms with E-state index in [-0.39, 0.29) is 29.9 Å². The number of nitrogens with zero attached hydrogens (tertiary/aromatic N) is 1. The fraction of sp³-hybridized carbons (Fsp3) is 0.500. The van der Waals surface area contributed by atoms with Gasteiger partial charge in [-0.15, -0.1) is 0 Å². The molecule has 0 unspecified atom stereocenters. The van der Waals surface area contributed by atoms with Gasteiger partial charge in [0.1, 0.15) is 0 Å². The van der Waals surface area contributed by atoms with Gasteiger partial charge in [-0.1, -0.05) is 12.1 Å². The molecule has 1 fully saturated rings. The first-order chi connectivity index (χ1) is 12.6. The molecule has 2 atom stereocenters. The number of likely N-dealkylation sites (N-methyl/N-ethyl adjacent to an activating group) is 1. The van der Waals surface area contributed by atoms with Gasteiger partial charge in [0, 0.05) is 25.7 Å². The normalized spacial score (nSPS) is 19.1. The lowest BCUT2D eigenvalue weighted by molar-refractivity contribution is -0.158. The molecule has 2 amide bonds. The van der Waals surface area contributed by atoms with E-state index in [1.807, 2.05) is 0 Å². The molecule has 2 rings (SSSR count). The SMILES string of the molecule is CC(=O)Nc1ccc(CC(=O)O[C@H](C)C(=O)N(C)[C@@H]2CCS(=O)(=O)C2)cc1.